The molecule has 0 radical (unpaired) electrons. The van der Waals surface area contributed by atoms with Crippen LogP contribution in [0.3, 0.4) is 0 Å². The van der Waals surface area contributed by atoms with Crippen LogP contribution < -0.4 is 4.74 Å². The van der Waals surface area contributed by atoms with Crippen molar-refractivity contribution in [1.82, 2.24) is 15.2 Å². The van der Waals surface area contributed by atoms with Crippen molar-refractivity contribution in [3.8, 4) is 22.4 Å². The predicted molar refractivity (Wildman–Crippen MR) is 84.6 cm³/mol. The SMILES string of the molecule is O=c1sc(-c2nnc(-c3ccccc3)o2)nc2ccccc12. The Balaban J connectivity index is 1.83. The van der Waals surface area contributed by atoms with Crippen molar-refractivity contribution in [2.24, 2.45) is 0 Å². The third-order valence-electron chi connectivity index (χ3n) is 3.16. The highest BCUT2D eigenvalue weighted by atomic mass is 32.1. The molecule has 0 saturated heterocycles. The lowest BCUT2D eigenvalue weighted by Gasteiger charge is -1.97. The first kappa shape index (κ1) is 12.8. The van der Waals surface area contributed by atoms with E-state index in [9.17, 15) is 4.79 Å². The number of nitrogens with zero attached hydrogens (tertiary/aromatic N) is 3. The first-order valence-electron chi connectivity index (χ1n) is 6.60. The van der Waals surface area contributed by atoms with Gasteiger partial charge in [0.05, 0.1) is 10.9 Å². The van der Waals surface area contributed by atoms with E-state index in [-0.39, 0.29) is 10.6 Å². The second kappa shape index (κ2) is 5.16. The molecule has 0 atom stereocenters. The van der Waals surface area contributed by atoms with E-state index in [1.54, 1.807) is 12.1 Å². The molecule has 0 spiro atoms. The number of para-hydroxylation sites is 1. The van der Waals surface area contributed by atoms with Crippen molar-refractivity contribution < 1.29 is 4.42 Å². The van der Waals surface area contributed by atoms with Gasteiger partial charge in [-0.3, -0.25) is 4.79 Å². The van der Waals surface area contributed by atoms with Gasteiger partial charge in [0, 0.05) is 5.56 Å². The summed E-state index contributed by atoms with van der Waals surface area (Å²) in [4.78, 5) is 16.6. The Hall–Kier alpha value is -2.86. The largest absolute Gasteiger partial charge is 0.414 e. The van der Waals surface area contributed by atoms with Gasteiger partial charge in [0.1, 0.15) is 0 Å². The van der Waals surface area contributed by atoms with Gasteiger partial charge in [-0.25, -0.2) is 4.98 Å². The van der Waals surface area contributed by atoms with Crippen LogP contribution >= 0.6 is 11.3 Å². The van der Waals surface area contributed by atoms with Gasteiger partial charge in [-0.15, -0.1) is 10.2 Å². The van der Waals surface area contributed by atoms with E-state index >= 15 is 0 Å². The average molecular weight is 307 g/mol. The zero-order valence-electron chi connectivity index (χ0n) is 11.3. The number of hydrogen-bond acceptors (Lipinski definition) is 6. The van der Waals surface area contributed by atoms with Crippen LogP contribution in [0.15, 0.2) is 63.8 Å². The molecule has 2 heterocycles. The van der Waals surface area contributed by atoms with Crippen LogP contribution in [0.1, 0.15) is 0 Å². The summed E-state index contributed by atoms with van der Waals surface area (Å²) in [6, 6.07) is 16.7. The molecule has 0 fully saturated rings. The summed E-state index contributed by atoms with van der Waals surface area (Å²) in [6.45, 7) is 0. The minimum Gasteiger partial charge on any atom is -0.414 e. The molecule has 0 saturated carbocycles. The second-order valence-corrected chi connectivity index (χ2v) is 5.56. The average Bonchev–Trinajstić information content (AvgIpc) is 3.06. The maximum absolute atomic E-state index is 12.1. The van der Waals surface area contributed by atoms with Crippen LogP contribution in [0, 0.1) is 0 Å². The van der Waals surface area contributed by atoms with Crippen molar-refractivity contribution in [3.05, 3.63) is 64.1 Å². The summed E-state index contributed by atoms with van der Waals surface area (Å²) < 4.78 is 5.58. The molecule has 0 unspecified atom stereocenters. The van der Waals surface area contributed by atoms with Crippen molar-refractivity contribution in [2.45, 2.75) is 0 Å². The topological polar surface area (TPSA) is 68.9 Å². The fraction of sp³-hybridized carbons (Fsp3) is 0. The third kappa shape index (κ3) is 2.19. The maximum atomic E-state index is 12.1. The Morgan fingerprint density at radius 1 is 0.864 bits per heavy atom. The van der Waals surface area contributed by atoms with Crippen molar-refractivity contribution in [3.63, 3.8) is 0 Å². The summed E-state index contributed by atoms with van der Waals surface area (Å²) in [6.07, 6.45) is 0. The Morgan fingerprint density at radius 2 is 1.59 bits per heavy atom. The van der Waals surface area contributed by atoms with Crippen LogP contribution in [-0.2, 0) is 0 Å². The number of fused-ring (bicyclic) bond motifs is 1. The molecule has 106 valence electrons. The molecule has 6 heteroatoms. The molecule has 5 nitrogen and oxygen atoms in total. The fourth-order valence-electron chi connectivity index (χ4n) is 2.12. The Morgan fingerprint density at radius 3 is 2.45 bits per heavy atom. The molecule has 0 amide bonds. The molecule has 4 rings (SSSR count). The first-order chi connectivity index (χ1) is 10.8. The van der Waals surface area contributed by atoms with Gasteiger partial charge in [-0.05, 0) is 24.3 Å². The maximum Gasteiger partial charge on any atom is 0.277 e. The molecule has 0 N–H and O–H groups in total. The second-order valence-electron chi connectivity index (χ2n) is 4.60. The molecule has 2 aromatic carbocycles. The quantitative estimate of drug-likeness (QED) is 0.568. The lowest BCUT2D eigenvalue weighted by atomic mass is 10.2. The summed E-state index contributed by atoms with van der Waals surface area (Å²) in [5.74, 6) is 0.664. The monoisotopic (exact) mass is 307 g/mol. The summed E-state index contributed by atoms with van der Waals surface area (Å²) in [5.41, 5.74) is 1.45. The first-order valence-corrected chi connectivity index (χ1v) is 7.42. The lowest BCUT2D eigenvalue weighted by Crippen LogP contribution is -1.98. The van der Waals surface area contributed by atoms with E-state index in [4.69, 9.17) is 4.42 Å². The molecule has 2 aromatic heterocycles. The molecule has 4 aromatic rings. The van der Waals surface area contributed by atoms with Crippen LogP contribution in [0.5, 0.6) is 0 Å². The molecule has 0 aliphatic carbocycles. The highest BCUT2D eigenvalue weighted by Gasteiger charge is 2.14. The summed E-state index contributed by atoms with van der Waals surface area (Å²) >= 11 is 1.01. The standard InChI is InChI=1S/C16H9N3O2S/c20-16-11-8-4-5-9-12(11)17-15(22-16)14-19-18-13(21-14)10-6-2-1-3-7-10/h1-9H. The predicted octanol–water partition coefficient (Wildman–Crippen LogP) is 3.37. The Kier molecular flexibility index (Phi) is 3.01. The van der Waals surface area contributed by atoms with Crippen LogP contribution in [-0.4, -0.2) is 15.2 Å². The number of rotatable bonds is 2. The van der Waals surface area contributed by atoms with E-state index in [1.807, 2.05) is 42.5 Å². The van der Waals surface area contributed by atoms with E-state index in [0.717, 1.165) is 16.9 Å². The van der Waals surface area contributed by atoms with Gasteiger partial charge < -0.3 is 4.42 Å². The minimum atomic E-state index is -0.0694. The zero-order chi connectivity index (χ0) is 14.9. The number of aromatic nitrogens is 3. The molecular weight excluding hydrogens is 298 g/mol. The highest BCUT2D eigenvalue weighted by Crippen LogP contribution is 2.25. The van der Waals surface area contributed by atoms with Gasteiger partial charge in [-0.1, -0.05) is 41.7 Å². The third-order valence-corrected chi connectivity index (χ3v) is 4.03. The fourth-order valence-corrected chi connectivity index (χ4v) is 2.89. The molecule has 0 aliphatic heterocycles. The normalized spacial score (nSPS) is 10.9. The van der Waals surface area contributed by atoms with Crippen LogP contribution in [0.25, 0.3) is 33.3 Å². The van der Waals surface area contributed by atoms with Gasteiger partial charge in [0.2, 0.25) is 10.6 Å². The summed E-state index contributed by atoms with van der Waals surface area (Å²) in [5, 5.41) is 9.05. The highest BCUT2D eigenvalue weighted by molar-refractivity contribution is 7.12. The van der Waals surface area contributed by atoms with E-state index in [0.29, 0.717) is 21.8 Å². The summed E-state index contributed by atoms with van der Waals surface area (Å²) in [7, 11) is 0. The molecular formula is C16H9N3O2S. The van der Waals surface area contributed by atoms with Crippen molar-refractivity contribution >= 4 is 22.2 Å². The van der Waals surface area contributed by atoms with Crippen LogP contribution in [0.2, 0.25) is 0 Å². The molecule has 0 bridgehead atoms. The van der Waals surface area contributed by atoms with E-state index in [1.165, 1.54) is 0 Å². The van der Waals surface area contributed by atoms with E-state index < -0.39 is 0 Å². The molecule has 0 aliphatic rings. The van der Waals surface area contributed by atoms with Gasteiger partial charge >= 0.3 is 0 Å². The van der Waals surface area contributed by atoms with E-state index in [2.05, 4.69) is 15.2 Å². The van der Waals surface area contributed by atoms with Gasteiger partial charge in [-0.2, -0.15) is 0 Å². The van der Waals surface area contributed by atoms with Crippen LogP contribution in [0.4, 0.5) is 0 Å². The van der Waals surface area contributed by atoms with Gasteiger partial charge in [0.25, 0.3) is 5.89 Å². The lowest BCUT2D eigenvalue weighted by molar-refractivity contribution is 0.584. The minimum absolute atomic E-state index is 0.0694. The zero-order valence-corrected chi connectivity index (χ0v) is 12.1. The smallest absolute Gasteiger partial charge is 0.277 e. The Labute approximate surface area is 128 Å². The Bertz CT molecular complexity index is 1010. The number of hydrogen-bond donors (Lipinski definition) is 0. The number of benzene rings is 2. The van der Waals surface area contributed by atoms with Crippen molar-refractivity contribution in [1.29, 1.82) is 0 Å². The molecule has 22 heavy (non-hydrogen) atoms. The van der Waals surface area contributed by atoms with Gasteiger partial charge in [0.15, 0.2) is 5.01 Å². The van der Waals surface area contributed by atoms with Crippen molar-refractivity contribution in [2.75, 3.05) is 0 Å².